The van der Waals surface area contributed by atoms with Crippen LogP contribution in [0.3, 0.4) is 0 Å². The van der Waals surface area contributed by atoms with Crippen molar-refractivity contribution in [1.29, 1.82) is 0 Å². The van der Waals surface area contributed by atoms with E-state index in [1.165, 1.54) is 5.56 Å². The molecule has 1 unspecified atom stereocenters. The third-order valence-corrected chi connectivity index (χ3v) is 2.65. The molecule has 102 valence electrons. The summed E-state index contributed by atoms with van der Waals surface area (Å²) in [5.41, 5.74) is 2.28. The highest BCUT2D eigenvalue weighted by atomic mass is 16.5. The van der Waals surface area contributed by atoms with Crippen LogP contribution in [0.15, 0.2) is 18.2 Å². The van der Waals surface area contributed by atoms with Gasteiger partial charge in [0.15, 0.2) is 0 Å². The number of ether oxygens (including phenoxy) is 3. The summed E-state index contributed by atoms with van der Waals surface area (Å²) in [5.74, 6) is 0.861. The Morgan fingerprint density at radius 2 is 2.06 bits per heavy atom. The molecule has 0 saturated heterocycles. The van der Waals surface area contributed by atoms with E-state index in [1.54, 1.807) is 14.2 Å². The zero-order chi connectivity index (χ0) is 13.4. The van der Waals surface area contributed by atoms with Crippen LogP contribution in [-0.4, -0.2) is 34.0 Å². The number of hydrogen-bond donors (Lipinski definition) is 1. The van der Waals surface area contributed by atoms with Crippen molar-refractivity contribution in [2.75, 3.05) is 27.9 Å². The average Bonchev–Trinajstić information content (AvgIpc) is 2.37. The van der Waals surface area contributed by atoms with Gasteiger partial charge in [0.1, 0.15) is 5.75 Å². The van der Waals surface area contributed by atoms with E-state index in [0.717, 1.165) is 17.9 Å². The SMILES string of the molecule is CNCc1ccc(OC)c(COC(C)COC)c1. The summed E-state index contributed by atoms with van der Waals surface area (Å²) in [5, 5.41) is 3.13. The minimum absolute atomic E-state index is 0.0765. The van der Waals surface area contributed by atoms with Gasteiger partial charge in [0, 0.05) is 19.2 Å². The minimum Gasteiger partial charge on any atom is -0.496 e. The standard InChI is InChI=1S/C14H23NO3/c1-11(9-16-3)18-10-13-7-12(8-15-2)5-6-14(13)17-4/h5-7,11,15H,8-10H2,1-4H3. The number of methoxy groups -OCH3 is 2. The van der Waals surface area contributed by atoms with E-state index in [4.69, 9.17) is 14.2 Å². The van der Waals surface area contributed by atoms with Crippen molar-refractivity contribution in [2.24, 2.45) is 0 Å². The zero-order valence-corrected chi connectivity index (χ0v) is 11.7. The second-order valence-corrected chi connectivity index (χ2v) is 4.25. The van der Waals surface area contributed by atoms with Crippen LogP contribution in [0.4, 0.5) is 0 Å². The fourth-order valence-corrected chi connectivity index (χ4v) is 1.77. The van der Waals surface area contributed by atoms with Gasteiger partial charge in [-0.15, -0.1) is 0 Å². The molecule has 1 atom stereocenters. The van der Waals surface area contributed by atoms with E-state index in [-0.39, 0.29) is 6.10 Å². The molecule has 1 N–H and O–H groups in total. The van der Waals surface area contributed by atoms with Gasteiger partial charge in [-0.05, 0) is 31.7 Å². The summed E-state index contributed by atoms with van der Waals surface area (Å²) >= 11 is 0. The Bertz CT molecular complexity index is 355. The Balaban J connectivity index is 2.68. The van der Waals surface area contributed by atoms with Crippen LogP contribution in [0.25, 0.3) is 0 Å². The predicted molar refractivity (Wildman–Crippen MR) is 71.9 cm³/mol. The molecule has 0 aromatic heterocycles. The monoisotopic (exact) mass is 253 g/mol. The highest BCUT2D eigenvalue weighted by molar-refractivity contribution is 5.36. The van der Waals surface area contributed by atoms with E-state index >= 15 is 0 Å². The van der Waals surface area contributed by atoms with Crippen molar-refractivity contribution in [3.8, 4) is 5.75 Å². The van der Waals surface area contributed by atoms with Crippen molar-refractivity contribution in [1.82, 2.24) is 5.32 Å². The summed E-state index contributed by atoms with van der Waals surface area (Å²) in [6, 6.07) is 6.14. The van der Waals surface area contributed by atoms with Gasteiger partial charge < -0.3 is 19.5 Å². The third kappa shape index (κ3) is 4.64. The number of nitrogens with one attached hydrogen (secondary N) is 1. The molecular formula is C14H23NO3. The second kappa shape index (κ2) is 8.08. The van der Waals surface area contributed by atoms with Gasteiger partial charge in [-0.1, -0.05) is 6.07 Å². The normalized spacial score (nSPS) is 12.4. The molecule has 18 heavy (non-hydrogen) atoms. The Morgan fingerprint density at radius 1 is 1.28 bits per heavy atom. The maximum absolute atomic E-state index is 5.72. The smallest absolute Gasteiger partial charge is 0.124 e. The Hall–Kier alpha value is -1.10. The first-order valence-corrected chi connectivity index (χ1v) is 6.12. The Morgan fingerprint density at radius 3 is 2.67 bits per heavy atom. The minimum atomic E-state index is 0.0765. The molecule has 0 saturated carbocycles. The molecule has 4 nitrogen and oxygen atoms in total. The lowest BCUT2D eigenvalue weighted by molar-refractivity contribution is -0.000755. The third-order valence-electron chi connectivity index (χ3n) is 2.65. The van der Waals surface area contributed by atoms with Gasteiger partial charge >= 0.3 is 0 Å². The van der Waals surface area contributed by atoms with Crippen LogP contribution in [0, 0.1) is 0 Å². The molecule has 0 amide bonds. The van der Waals surface area contributed by atoms with Gasteiger partial charge in [0.05, 0.1) is 26.4 Å². The fourth-order valence-electron chi connectivity index (χ4n) is 1.77. The van der Waals surface area contributed by atoms with Gasteiger partial charge in [-0.3, -0.25) is 0 Å². The van der Waals surface area contributed by atoms with Crippen LogP contribution in [0.2, 0.25) is 0 Å². The molecule has 0 fully saturated rings. The Labute approximate surface area is 109 Å². The number of benzene rings is 1. The topological polar surface area (TPSA) is 39.7 Å². The summed E-state index contributed by atoms with van der Waals surface area (Å²) in [7, 11) is 5.28. The number of rotatable bonds is 8. The van der Waals surface area contributed by atoms with Crippen molar-refractivity contribution in [2.45, 2.75) is 26.2 Å². The highest BCUT2D eigenvalue weighted by Gasteiger charge is 2.07. The quantitative estimate of drug-likeness (QED) is 0.769. The highest BCUT2D eigenvalue weighted by Crippen LogP contribution is 2.21. The zero-order valence-electron chi connectivity index (χ0n) is 11.7. The molecule has 0 spiro atoms. The van der Waals surface area contributed by atoms with Gasteiger partial charge in [-0.2, -0.15) is 0 Å². The maximum Gasteiger partial charge on any atom is 0.124 e. The number of hydrogen-bond acceptors (Lipinski definition) is 4. The fraction of sp³-hybridized carbons (Fsp3) is 0.571. The summed E-state index contributed by atoms with van der Waals surface area (Å²) in [6.07, 6.45) is 0.0765. The predicted octanol–water partition coefficient (Wildman–Crippen LogP) is 1.97. The molecule has 1 aromatic carbocycles. The first kappa shape index (κ1) is 15.0. The molecule has 0 heterocycles. The molecule has 4 heteroatoms. The van der Waals surface area contributed by atoms with E-state index in [9.17, 15) is 0 Å². The van der Waals surface area contributed by atoms with E-state index in [1.807, 2.05) is 20.0 Å². The Kier molecular flexibility index (Phi) is 6.72. The average molecular weight is 253 g/mol. The van der Waals surface area contributed by atoms with Crippen molar-refractivity contribution >= 4 is 0 Å². The summed E-state index contributed by atoms with van der Waals surface area (Å²) in [4.78, 5) is 0. The largest absolute Gasteiger partial charge is 0.496 e. The second-order valence-electron chi connectivity index (χ2n) is 4.25. The molecule has 1 aromatic rings. The maximum atomic E-state index is 5.72. The molecular weight excluding hydrogens is 230 g/mol. The van der Waals surface area contributed by atoms with Crippen molar-refractivity contribution < 1.29 is 14.2 Å². The van der Waals surface area contributed by atoms with E-state index < -0.39 is 0 Å². The van der Waals surface area contributed by atoms with Crippen LogP contribution < -0.4 is 10.1 Å². The van der Waals surface area contributed by atoms with E-state index in [0.29, 0.717) is 13.2 Å². The molecule has 0 bridgehead atoms. The molecule has 0 radical (unpaired) electrons. The lowest BCUT2D eigenvalue weighted by Crippen LogP contribution is -2.15. The van der Waals surface area contributed by atoms with Crippen LogP contribution in [-0.2, 0) is 22.6 Å². The molecule has 0 aliphatic rings. The van der Waals surface area contributed by atoms with Crippen molar-refractivity contribution in [3.63, 3.8) is 0 Å². The lowest BCUT2D eigenvalue weighted by atomic mass is 10.1. The van der Waals surface area contributed by atoms with Gasteiger partial charge in [-0.25, -0.2) is 0 Å². The van der Waals surface area contributed by atoms with Crippen LogP contribution in [0.1, 0.15) is 18.1 Å². The summed E-state index contributed by atoms with van der Waals surface area (Å²) in [6.45, 7) is 3.96. The summed E-state index contributed by atoms with van der Waals surface area (Å²) < 4.78 is 16.1. The molecule has 0 aliphatic heterocycles. The first-order valence-electron chi connectivity index (χ1n) is 6.12. The molecule has 0 aliphatic carbocycles. The lowest BCUT2D eigenvalue weighted by Gasteiger charge is -2.15. The van der Waals surface area contributed by atoms with Crippen LogP contribution in [0.5, 0.6) is 5.75 Å². The van der Waals surface area contributed by atoms with Crippen molar-refractivity contribution in [3.05, 3.63) is 29.3 Å². The van der Waals surface area contributed by atoms with Crippen LogP contribution >= 0.6 is 0 Å². The van der Waals surface area contributed by atoms with Gasteiger partial charge in [0.25, 0.3) is 0 Å². The molecule has 1 rings (SSSR count). The first-order chi connectivity index (χ1) is 8.71. The van der Waals surface area contributed by atoms with E-state index in [2.05, 4.69) is 17.4 Å². The van der Waals surface area contributed by atoms with Gasteiger partial charge in [0.2, 0.25) is 0 Å².